The molecule has 1 aliphatic rings. The highest BCUT2D eigenvalue weighted by Gasteiger charge is 2.21. The molecule has 1 aliphatic heterocycles. The van der Waals surface area contributed by atoms with Crippen LogP contribution in [0.3, 0.4) is 0 Å². The number of thioether (sulfide) groups is 1. The van der Waals surface area contributed by atoms with E-state index in [-0.39, 0.29) is 5.91 Å². The highest BCUT2D eigenvalue weighted by atomic mass is 32.2. The van der Waals surface area contributed by atoms with Gasteiger partial charge in [0.05, 0.1) is 4.91 Å². The van der Waals surface area contributed by atoms with Gasteiger partial charge in [0, 0.05) is 12.2 Å². The molecule has 0 radical (unpaired) electrons. The van der Waals surface area contributed by atoms with Crippen LogP contribution in [0.25, 0.3) is 0 Å². The predicted octanol–water partition coefficient (Wildman–Crippen LogP) is 1.50. The van der Waals surface area contributed by atoms with E-state index in [0.717, 1.165) is 4.91 Å². The Hall–Kier alpha value is -0.900. The second-order valence-corrected chi connectivity index (χ2v) is 3.95. The van der Waals surface area contributed by atoms with Crippen LogP contribution < -0.4 is 5.32 Å². The Labute approximate surface area is 82.9 Å². The fraction of sp³-hybridized carbons (Fsp3) is 0.444. The summed E-state index contributed by atoms with van der Waals surface area (Å²) in [6.07, 6.45) is 3.73. The summed E-state index contributed by atoms with van der Waals surface area (Å²) in [5.74, 6) is 0.590. The molecular formula is C9H14N2OS. The Morgan fingerprint density at radius 3 is 2.69 bits per heavy atom. The van der Waals surface area contributed by atoms with Crippen molar-refractivity contribution in [1.82, 2.24) is 10.2 Å². The quantitative estimate of drug-likeness (QED) is 0.730. The van der Waals surface area contributed by atoms with E-state index in [2.05, 4.69) is 25.7 Å². The number of amides is 1. The van der Waals surface area contributed by atoms with Crippen LogP contribution in [-0.4, -0.2) is 23.1 Å². The van der Waals surface area contributed by atoms with Gasteiger partial charge < -0.3 is 10.2 Å². The number of rotatable bonds is 2. The lowest BCUT2D eigenvalue weighted by atomic mass is 10.3. The van der Waals surface area contributed by atoms with E-state index in [1.807, 2.05) is 17.4 Å². The van der Waals surface area contributed by atoms with Crippen LogP contribution in [-0.2, 0) is 4.79 Å². The number of nitrogens with one attached hydrogen (secondary N) is 1. The molecule has 0 fully saturated rings. The van der Waals surface area contributed by atoms with Crippen molar-refractivity contribution in [3.8, 4) is 0 Å². The summed E-state index contributed by atoms with van der Waals surface area (Å²) in [5.41, 5.74) is 0. The molecular weight excluding hydrogens is 184 g/mol. The predicted molar refractivity (Wildman–Crippen MR) is 55.9 cm³/mol. The number of carbonyl (C=O) groups is 1. The summed E-state index contributed by atoms with van der Waals surface area (Å²) in [4.78, 5) is 14.0. The van der Waals surface area contributed by atoms with Crippen LogP contribution in [0.15, 0.2) is 23.5 Å². The Morgan fingerprint density at radius 1 is 1.62 bits per heavy atom. The highest BCUT2D eigenvalue weighted by molar-refractivity contribution is 8.03. The third-order valence-corrected chi connectivity index (χ3v) is 2.56. The third kappa shape index (κ3) is 2.06. The molecule has 0 aliphatic carbocycles. The van der Waals surface area contributed by atoms with Crippen LogP contribution in [0.4, 0.5) is 0 Å². The molecule has 4 heteroatoms. The van der Waals surface area contributed by atoms with Crippen molar-refractivity contribution in [1.29, 1.82) is 0 Å². The van der Waals surface area contributed by atoms with Crippen molar-refractivity contribution in [2.75, 3.05) is 6.26 Å². The van der Waals surface area contributed by atoms with Crippen molar-refractivity contribution >= 4 is 17.7 Å². The summed E-state index contributed by atoms with van der Waals surface area (Å²) in [7, 11) is 0. The molecule has 0 saturated carbocycles. The SMILES string of the molecule is C=C1NC(=O)C(SC)=CN1C(C)C. The normalized spacial score (nSPS) is 17.5. The van der Waals surface area contributed by atoms with Gasteiger partial charge in [-0.1, -0.05) is 6.58 Å². The van der Waals surface area contributed by atoms with E-state index in [0.29, 0.717) is 11.9 Å². The fourth-order valence-electron chi connectivity index (χ4n) is 1.13. The minimum atomic E-state index is -0.0607. The second kappa shape index (κ2) is 3.87. The molecule has 0 aromatic rings. The molecule has 3 nitrogen and oxygen atoms in total. The molecule has 0 unspecified atom stereocenters. The summed E-state index contributed by atoms with van der Waals surface area (Å²) in [5, 5.41) is 2.72. The zero-order chi connectivity index (χ0) is 10.0. The number of carbonyl (C=O) groups excluding carboxylic acids is 1. The first-order valence-electron chi connectivity index (χ1n) is 4.10. The Balaban J connectivity index is 2.92. The molecule has 0 aromatic carbocycles. The maximum atomic E-state index is 11.3. The first kappa shape index (κ1) is 10.2. The first-order chi connectivity index (χ1) is 6.06. The van der Waals surface area contributed by atoms with Crippen molar-refractivity contribution in [3.63, 3.8) is 0 Å². The lowest BCUT2D eigenvalue weighted by Gasteiger charge is -2.31. The second-order valence-electron chi connectivity index (χ2n) is 3.10. The van der Waals surface area contributed by atoms with Crippen LogP contribution in [0, 0.1) is 0 Å². The monoisotopic (exact) mass is 198 g/mol. The summed E-state index contributed by atoms with van der Waals surface area (Å²) in [6, 6.07) is 0.315. The molecule has 1 heterocycles. The zero-order valence-electron chi connectivity index (χ0n) is 8.13. The van der Waals surface area contributed by atoms with Crippen molar-refractivity contribution < 1.29 is 4.79 Å². The molecule has 0 atom stereocenters. The average molecular weight is 198 g/mol. The first-order valence-corrected chi connectivity index (χ1v) is 5.33. The van der Waals surface area contributed by atoms with Gasteiger partial charge in [-0.3, -0.25) is 4.79 Å². The minimum Gasteiger partial charge on any atom is -0.331 e. The van der Waals surface area contributed by atoms with Gasteiger partial charge in [-0.25, -0.2) is 0 Å². The maximum absolute atomic E-state index is 11.3. The summed E-state index contributed by atoms with van der Waals surface area (Å²) < 4.78 is 0. The van der Waals surface area contributed by atoms with Crippen LogP contribution in [0.2, 0.25) is 0 Å². The van der Waals surface area contributed by atoms with E-state index in [1.54, 1.807) is 0 Å². The Kier molecular flexibility index (Phi) is 3.03. The Morgan fingerprint density at radius 2 is 2.23 bits per heavy atom. The van der Waals surface area contributed by atoms with Gasteiger partial charge in [0.15, 0.2) is 0 Å². The maximum Gasteiger partial charge on any atom is 0.264 e. The van der Waals surface area contributed by atoms with Gasteiger partial charge in [0.25, 0.3) is 5.91 Å². The molecule has 0 aromatic heterocycles. The largest absolute Gasteiger partial charge is 0.331 e. The molecule has 0 bridgehead atoms. The van der Waals surface area contributed by atoms with Crippen LogP contribution >= 0.6 is 11.8 Å². The molecule has 0 spiro atoms. The molecule has 1 N–H and O–H groups in total. The number of nitrogens with zero attached hydrogens (tertiary/aromatic N) is 1. The van der Waals surface area contributed by atoms with E-state index in [1.165, 1.54) is 11.8 Å². The summed E-state index contributed by atoms with van der Waals surface area (Å²) >= 11 is 1.44. The zero-order valence-corrected chi connectivity index (χ0v) is 8.94. The van der Waals surface area contributed by atoms with Crippen molar-refractivity contribution in [2.24, 2.45) is 0 Å². The van der Waals surface area contributed by atoms with Gasteiger partial charge in [-0.2, -0.15) is 0 Å². The average Bonchev–Trinajstić information content (AvgIpc) is 2.03. The van der Waals surface area contributed by atoms with E-state index in [4.69, 9.17) is 0 Å². The van der Waals surface area contributed by atoms with Gasteiger partial charge >= 0.3 is 0 Å². The number of hydrogen-bond donors (Lipinski definition) is 1. The minimum absolute atomic E-state index is 0.0607. The van der Waals surface area contributed by atoms with Gasteiger partial charge in [-0.05, 0) is 20.1 Å². The lowest BCUT2D eigenvalue weighted by molar-refractivity contribution is -0.117. The molecule has 72 valence electrons. The molecule has 13 heavy (non-hydrogen) atoms. The third-order valence-electron chi connectivity index (χ3n) is 1.83. The van der Waals surface area contributed by atoms with Gasteiger partial charge in [0.2, 0.25) is 0 Å². The topological polar surface area (TPSA) is 32.3 Å². The van der Waals surface area contributed by atoms with Crippen molar-refractivity contribution in [2.45, 2.75) is 19.9 Å². The smallest absolute Gasteiger partial charge is 0.264 e. The molecule has 1 amide bonds. The van der Waals surface area contributed by atoms with Gasteiger partial charge in [0.1, 0.15) is 5.82 Å². The standard InChI is InChI=1S/C9H14N2OS/c1-6(2)11-5-8(13-4)9(12)10-7(11)3/h5-6H,3H2,1-2,4H3,(H,10,12). The Bertz CT molecular complexity index is 271. The fourth-order valence-corrected chi connectivity index (χ4v) is 1.58. The number of hydrogen-bond acceptors (Lipinski definition) is 3. The van der Waals surface area contributed by atoms with E-state index < -0.39 is 0 Å². The molecule has 0 saturated heterocycles. The van der Waals surface area contributed by atoms with Crippen LogP contribution in [0.5, 0.6) is 0 Å². The van der Waals surface area contributed by atoms with E-state index >= 15 is 0 Å². The lowest BCUT2D eigenvalue weighted by Crippen LogP contribution is -2.40. The van der Waals surface area contributed by atoms with Crippen molar-refractivity contribution in [3.05, 3.63) is 23.5 Å². The highest BCUT2D eigenvalue weighted by Crippen LogP contribution is 2.20. The molecule has 1 rings (SSSR count). The van der Waals surface area contributed by atoms with E-state index in [9.17, 15) is 4.79 Å². The van der Waals surface area contributed by atoms with Gasteiger partial charge in [-0.15, -0.1) is 11.8 Å². The van der Waals surface area contributed by atoms with Crippen LogP contribution in [0.1, 0.15) is 13.8 Å². The summed E-state index contributed by atoms with van der Waals surface area (Å²) in [6.45, 7) is 7.88.